The number of hydrogen-bond acceptors (Lipinski definition) is 3. The summed E-state index contributed by atoms with van der Waals surface area (Å²) in [6.07, 6.45) is 3.36. The first-order valence-electron chi connectivity index (χ1n) is 4.45. The fraction of sp³-hybridized carbons (Fsp3) is 0.333. The third-order valence-electron chi connectivity index (χ3n) is 2.30. The Labute approximate surface area is 80.8 Å². The van der Waals surface area contributed by atoms with Crippen LogP contribution in [0.4, 0.5) is 0 Å². The average molecular weight is 192 g/mol. The van der Waals surface area contributed by atoms with Crippen molar-refractivity contribution in [2.45, 2.75) is 6.54 Å². The van der Waals surface area contributed by atoms with E-state index in [9.17, 15) is 4.79 Å². The van der Waals surface area contributed by atoms with Gasteiger partial charge < -0.3 is 5.73 Å². The van der Waals surface area contributed by atoms with Crippen molar-refractivity contribution in [1.82, 2.24) is 14.1 Å². The molecular formula is C9H12N4O. The number of nitrogens with zero attached hydrogens (tertiary/aromatic N) is 3. The van der Waals surface area contributed by atoms with Crippen molar-refractivity contribution in [3.63, 3.8) is 0 Å². The van der Waals surface area contributed by atoms with Crippen molar-refractivity contribution >= 4 is 11.0 Å². The van der Waals surface area contributed by atoms with Gasteiger partial charge in [-0.25, -0.2) is 4.79 Å². The molecule has 0 aliphatic carbocycles. The molecule has 0 unspecified atom stereocenters. The number of rotatable bonds is 2. The third kappa shape index (κ3) is 1.13. The molecule has 74 valence electrons. The van der Waals surface area contributed by atoms with Crippen molar-refractivity contribution in [3.8, 4) is 0 Å². The van der Waals surface area contributed by atoms with Gasteiger partial charge in [0.25, 0.3) is 0 Å². The molecule has 0 bridgehead atoms. The van der Waals surface area contributed by atoms with Crippen LogP contribution in [0.5, 0.6) is 0 Å². The van der Waals surface area contributed by atoms with E-state index < -0.39 is 0 Å². The Kier molecular flexibility index (Phi) is 2.09. The van der Waals surface area contributed by atoms with Gasteiger partial charge in [0.2, 0.25) is 0 Å². The Bertz CT molecular complexity index is 511. The fourth-order valence-corrected chi connectivity index (χ4v) is 1.60. The number of aromatic nitrogens is 3. The molecule has 2 N–H and O–H groups in total. The third-order valence-corrected chi connectivity index (χ3v) is 2.30. The van der Waals surface area contributed by atoms with Crippen molar-refractivity contribution < 1.29 is 0 Å². The van der Waals surface area contributed by atoms with E-state index in [1.165, 1.54) is 0 Å². The molecule has 2 aromatic rings. The SMILES string of the molecule is Cn1c(=O)n(CCN)c2ccncc21. The van der Waals surface area contributed by atoms with Crippen LogP contribution in [0.15, 0.2) is 23.3 Å². The standard InChI is InChI=1S/C9H12N4O/c1-12-8-6-11-4-2-7(8)13(5-3-10)9(12)14/h2,4,6H,3,5,10H2,1H3. The molecule has 5 heteroatoms. The van der Waals surface area contributed by atoms with Crippen LogP contribution in [0.25, 0.3) is 11.0 Å². The van der Waals surface area contributed by atoms with E-state index in [4.69, 9.17) is 5.73 Å². The molecule has 0 aliphatic heterocycles. The molecule has 0 saturated carbocycles. The minimum atomic E-state index is -0.0431. The average Bonchev–Trinajstić information content (AvgIpc) is 2.45. The summed E-state index contributed by atoms with van der Waals surface area (Å²) in [7, 11) is 1.74. The number of pyridine rings is 1. The largest absolute Gasteiger partial charge is 0.329 e. The van der Waals surface area contributed by atoms with E-state index in [-0.39, 0.29) is 5.69 Å². The van der Waals surface area contributed by atoms with E-state index in [0.717, 1.165) is 11.0 Å². The molecule has 2 rings (SSSR count). The summed E-state index contributed by atoms with van der Waals surface area (Å²) in [6, 6.07) is 1.83. The summed E-state index contributed by atoms with van der Waals surface area (Å²) < 4.78 is 3.25. The van der Waals surface area contributed by atoms with E-state index in [1.807, 2.05) is 6.07 Å². The summed E-state index contributed by atoms with van der Waals surface area (Å²) in [5.74, 6) is 0. The first kappa shape index (κ1) is 8.96. The second-order valence-electron chi connectivity index (χ2n) is 3.15. The first-order chi connectivity index (χ1) is 6.75. The number of aryl methyl sites for hydroxylation is 1. The minimum Gasteiger partial charge on any atom is -0.329 e. The highest BCUT2D eigenvalue weighted by Crippen LogP contribution is 2.08. The molecule has 5 nitrogen and oxygen atoms in total. The Balaban J connectivity index is 2.81. The lowest BCUT2D eigenvalue weighted by molar-refractivity contribution is 0.675. The zero-order chi connectivity index (χ0) is 10.1. The quantitative estimate of drug-likeness (QED) is 0.710. The first-order valence-corrected chi connectivity index (χ1v) is 4.45. The van der Waals surface area contributed by atoms with Crippen LogP contribution in [0, 0.1) is 0 Å². The van der Waals surface area contributed by atoms with Gasteiger partial charge in [0.15, 0.2) is 0 Å². The molecular weight excluding hydrogens is 180 g/mol. The smallest absolute Gasteiger partial charge is 0.328 e. The van der Waals surface area contributed by atoms with Crippen LogP contribution in [0.3, 0.4) is 0 Å². The van der Waals surface area contributed by atoms with Crippen molar-refractivity contribution in [3.05, 3.63) is 28.9 Å². The van der Waals surface area contributed by atoms with Crippen molar-refractivity contribution in [1.29, 1.82) is 0 Å². The lowest BCUT2D eigenvalue weighted by Gasteiger charge is -1.98. The van der Waals surface area contributed by atoms with Crippen LogP contribution in [0.2, 0.25) is 0 Å². The minimum absolute atomic E-state index is 0.0431. The zero-order valence-electron chi connectivity index (χ0n) is 7.97. The summed E-state index contributed by atoms with van der Waals surface area (Å²) in [6.45, 7) is 1.00. The predicted molar refractivity (Wildman–Crippen MR) is 54.0 cm³/mol. The number of imidazole rings is 1. The Hall–Kier alpha value is -1.62. The van der Waals surface area contributed by atoms with Crippen molar-refractivity contribution in [2.24, 2.45) is 12.8 Å². The second-order valence-corrected chi connectivity index (χ2v) is 3.15. The summed E-state index contributed by atoms with van der Waals surface area (Å²) in [4.78, 5) is 15.7. The van der Waals surface area contributed by atoms with Gasteiger partial charge in [-0.3, -0.25) is 14.1 Å². The van der Waals surface area contributed by atoms with E-state index >= 15 is 0 Å². The zero-order valence-corrected chi connectivity index (χ0v) is 7.97. The van der Waals surface area contributed by atoms with Gasteiger partial charge in [0, 0.05) is 26.3 Å². The lowest BCUT2D eigenvalue weighted by atomic mass is 10.4. The number of nitrogens with two attached hydrogens (primary N) is 1. The Morgan fingerprint density at radius 1 is 1.50 bits per heavy atom. The lowest BCUT2D eigenvalue weighted by Crippen LogP contribution is -2.25. The van der Waals surface area contributed by atoms with Gasteiger partial charge in [0.1, 0.15) is 0 Å². The summed E-state index contributed by atoms with van der Waals surface area (Å²) in [5, 5.41) is 0. The van der Waals surface area contributed by atoms with Crippen LogP contribution in [-0.4, -0.2) is 20.7 Å². The maximum atomic E-state index is 11.7. The van der Waals surface area contributed by atoms with Gasteiger partial charge in [-0.1, -0.05) is 0 Å². The monoisotopic (exact) mass is 192 g/mol. The molecule has 0 fully saturated rings. The fourth-order valence-electron chi connectivity index (χ4n) is 1.60. The summed E-state index contributed by atoms with van der Waals surface area (Å²) >= 11 is 0. The number of fused-ring (bicyclic) bond motifs is 1. The summed E-state index contributed by atoms with van der Waals surface area (Å²) in [5.41, 5.74) is 7.13. The predicted octanol–water partition coefficient (Wildman–Crippen LogP) is -0.306. The van der Waals surface area contributed by atoms with Crippen LogP contribution < -0.4 is 11.4 Å². The topological polar surface area (TPSA) is 65.8 Å². The van der Waals surface area contributed by atoms with Crippen LogP contribution in [-0.2, 0) is 13.6 Å². The highest BCUT2D eigenvalue weighted by Gasteiger charge is 2.08. The second kappa shape index (κ2) is 3.26. The Morgan fingerprint density at radius 3 is 3.00 bits per heavy atom. The molecule has 0 aliphatic rings. The molecule has 0 atom stereocenters. The van der Waals surface area contributed by atoms with Gasteiger partial charge in [0.05, 0.1) is 17.2 Å². The van der Waals surface area contributed by atoms with E-state index in [1.54, 1.807) is 28.6 Å². The van der Waals surface area contributed by atoms with Gasteiger partial charge in [-0.05, 0) is 6.07 Å². The molecule has 2 aromatic heterocycles. The van der Waals surface area contributed by atoms with Crippen LogP contribution >= 0.6 is 0 Å². The van der Waals surface area contributed by atoms with E-state index in [2.05, 4.69) is 4.98 Å². The molecule has 2 heterocycles. The molecule has 0 radical (unpaired) electrons. The number of hydrogen-bond donors (Lipinski definition) is 1. The highest BCUT2D eigenvalue weighted by atomic mass is 16.1. The van der Waals surface area contributed by atoms with Crippen LogP contribution in [0.1, 0.15) is 0 Å². The maximum Gasteiger partial charge on any atom is 0.328 e. The molecule has 0 amide bonds. The molecule has 0 saturated heterocycles. The van der Waals surface area contributed by atoms with Crippen molar-refractivity contribution in [2.75, 3.05) is 6.54 Å². The Morgan fingerprint density at radius 2 is 2.29 bits per heavy atom. The normalized spacial score (nSPS) is 11.0. The highest BCUT2D eigenvalue weighted by molar-refractivity contribution is 5.74. The molecule has 0 spiro atoms. The molecule has 0 aromatic carbocycles. The van der Waals surface area contributed by atoms with Gasteiger partial charge >= 0.3 is 5.69 Å². The van der Waals surface area contributed by atoms with E-state index in [0.29, 0.717) is 13.1 Å². The molecule has 14 heavy (non-hydrogen) atoms. The maximum absolute atomic E-state index is 11.7. The van der Waals surface area contributed by atoms with Gasteiger partial charge in [-0.2, -0.15) is 0 Å². The van der Waals surface area contributed by atoms with Gasteiger partial charge in [-0.15, -0.1) is 0 Å².